The van der Waals surface area contributed by atoms with E-state index in [1.807, 2.05) is 4.98 Å². The molecule has 0 saturated carbocycles. The predicted octanol–water partition coefficient (Wildman–Crippen LogP) is 1.10. The maximum Gasteiger partial charge on any atom is 0.326 e. The van der Waals surface area contributed by atoms with Crippen molar-refractivity contribution in [1.29, 1.82) is 0 Å². The van der Waals surface area contributed by atoms with Crippen LogP contribution in [0.4, 0.5) is 4.39 Å². The summed E-state index contributed by atoms with van der Waals surface area (Å²) in [4.78, 5) is 27.0. The molecule has 0 aliphatic rings. The minimum Gasteiger partial charge on any atom is -0.448 e. The third-order valence-corrected chi connectivity index (χ3v) is 2.32. The average molecular weight is 220 g/mol. The first-order valence-corrected chi connectivity index (χ1v) is 4.49. The SMILES string of the molecule is O=c1[nH]c(=O)c2oc3cc(F)ccc3c2[nH]1. The van der Waals surface area contributed by atoms with Crippen molar-refractivity contribution in [3.8, 4) is 0 Å². The molecule has 2 aromatic heterocycles. The molecule has 0 atom stereocenters. The van der Waals surface area contributed by atoms with Crippen molar-refractivity contribution in [1.82, 2.24) is 9.97 Å². The summed E-state index contributed by atoms with van der Waals surface area (Å²) in [7, 11) is 0. The molecule has 1 aromatic carbocycles. The van der Waals surface area contributed by atoms with Crippen LogP contribution in [0, 0.1) is 5.82 Å². The van der Waals surface area contributed by atoms with Gasteiger partial charge in [0.15, 0.2) is 0 Å². The fourth-order valence-corrected chi connectivity index (χ4v) is 1.66. The van der Waals surface area contributed by atoms with E-state index in [1.54, 1.807) is 0 Å². The molecule has 0 aliphatic carbocycles. The Morgan fingerprint density at radius 2 is 2.00 bits per heavy atom. The van der Waals surface area contributed by atoms with Crippen LogP contribution in [0.3, 0.4) is 0 Å². The zero-order chi connectivity index (χ0) is 11.3. The van der Waals surface area contributed by atoms with E-state index in [0.29, 0.717) is 5.39 Å². The minimum absolute atomic E-state index is 0.0137. The van der Waals surface area contributed by atoms with Gasteiger partial charge in [-0.25, -0.2) is 9.18 Å². The first kappa shape index (κ1) is 8.90. The van der Waals surface area contributed by atoms with Crippen LogP contribution in [-0.4, -0.2) is 9.97 Å². The standard InChI is InChI=1S/C10H5FN2O3/c11-4-1-2-5-6(3-4)16-8-7(5)12-10(15)13-9(8)14/h1-3H,(H2,12,13,14,15). The smallest absolute Gasteiger partial charge is 0.326 e. The summed E-state index contributed by atoms with van der Waals surface area (Å²) in [5.41, 5.74) is -0.758. The lowest BCUT2D eigenvalue weighted by atomic mass is 10.2. The number of halogens is 1. The van der Waals surface area contributed by atoms with Gasteiger partial charge in [0.25, 0.3) is 5.56 Å². The van der Waals surface area contributed by atoms with E-state index >= 15 is 0 Å². The average Bonchev–Trinajstić information content (AvgIpc) is 2.56. The summed E-state index contributed by atoms with van der Waals surface area (Å²) in [6, 6.07) is 3.84. The number of fused-ring (bicyclic) bond motifs is 3. The molecule has 3 rings (SSSR count). The largest absolute Gasteiger partial charge is 0.448 e. The topological polar surface area (TPSA) is 78.9 Å². The number of aromatic amines is 2. The zero-order valence-corrected chi connectivity index (χ0v) is 7.83. The molecule has 3 aromatic rings. The van der Waals surface area contributed by atoms with Gasteiger partial charge in [0.05, 0.1) is 0 Å². The number of hydrogen-bond donors (Lipinski definition) is 2. The molecule has 16 heavy (non-hydrogen) atoms. The van der Waals surface area contributed by atoms with Gasteiger partial charge in [-0.1, -0.05) is 0 Å². The maximum atomic E-state index is 12.9. The number of rotatable bonds is 0. The Morgan fingerprint density at radius 3 is 2.81 bits per heavy atom. The molecule has 0 fully saturated rings. The van der Waals surface area contributed by atoms with Crippen LogP contribution in [-0.2, 0) is 0 Å². The van der Waals surface area contributed by atoms with E-state index < -0.39 is 17.1 Å². The Bertz CT molecular complexity index is 812. The van der Waals surface area contributed by atoms with E-state index in [1.165, 1.54) is 12.1 Å². The number of hydrogen-bond acceptors (Lipinski definition) is 3. The highest BCUT2D eigenvalue weighted by Crippen LogP contribution is 2.24. The molecule has 0 spiro atoms. The first-order chi connectivity index (χ1) is 7.65. The summed E-state index contributed by atoms with van der Waals surface area (Å²) < 4.78 is 18.1. The fraction of sp³-hybridized carbons (Fsp3) is 0. The summed E-state index contributed by atoms with van der Waals surface area (Å²) in [5, 5.41) is 0.500. The van der Waals surface area contributed by atoms with Crippen LogP contribution >= 0.6 is 0 Å². The molecule has 2 N–H and O–H groups in total. The number of furan rings is 1. The fourth-order valence-electron chi connectivity index (χ4n) is 1.66. The molecule has 0 radical (unpaired) electrons. The molecular weight excluding hydrogens is 215 g/mol. The van der Waals surface area contributed by atoms with Crippen molar-refractivity contribution in [3.63, 3.8) is 0 Å². The minimum atomic E-state index is -0.629. The summed E-state index contributed by atoms with van der Waals surface area (Å²) in [6.45, 7) is 0. The first-order valence-electron chi connectivity index (χ1n) is 4.49. The Labute approximate surface area is 86.5 Å². The molecule has 5 nitrogen and oxygen atoms in total. The van der Waals surface area contributed by atoms with E-state index in [9.17, 15) is 14.0 Å². The second-order valence-electron chi connectivity index (χ2n) is 3.35. The monoisotopic (exact) mass is 220 g/mol. The lowest BCUT2D eigenvalue weighted by Crippen LogP contribution is -2.20. The van der Waals surface area contributed by atoms with Crippen LogP contribution in [0.2, 0.25) is 0 Å². The molecule has 0 saturated heterocycles. The van der Waals surface area contributed by atoms with Crippen LogP contribution < -0.4 is 11.2 Å². The van der Waals surface area contributed by atoms with Crippen molar-refractivity contribution < 1.29 is 8.81 Å². The Balaban J connectivity index is 2.66. The van der Waals surface area contributed by atoms with Gasteiger partial charge < -0.3 is 9.40 Å². The predicted molar refractivity (Wildman–Crippen MR) is 54.9 cm³/mol. The molecule has 0 bridgehead atoms. The van der Waals surface area contributed by atoms with E-state index in [0.717, 1.165) is 6.07 Å². The van der Waals surface area contributed by atoms with Crippen molar-refractivity contribution in [2.24, 2.45) is 0 Å². The van der Waals surface area contributed by atoms with Crippen LogP contribution in [0.5, 0.6) is 0 Å². The third kappa shape index (κ3) is 1.10. The number of aromatic nitrogens is 2. The van der Waals surface area contributed by atoms with Gasteiger partial charge in [-0.05, 0) is 12.1 Å². The number of nitrogens with one attached hydrogen (secondary N) is 2. The van der Waals surface area contributed by atoms with Gasteiger partial charge in [-0.2, -0.15) is 0 Å². The second-order valence-corrected chi connectivity index (χ2v) is 3.35. The van der Waals surface area contributed by atoms with E-state index in [2.05, 4.69) is 4.98 Å². The molecule has 2 heterocycles. The molecule has 0 aliphatic heterocycles. The highest BCUT2D eigenvalue weighted by atomic mass is 19.1. The lowest BCUT2D eigenvalue weighted by Gasteiger charge is -1.88. The Morgan fingerprint density at radius 1 is 1.19 bits per heavy atom. The normalized spacial score (nSPS) is 11.3. The van der Waals surface area contributed by atoms with Gasteiger partial charge in [0.2, 0.25) is 5.58 Å². The van der Waals surface area contributed by atoms with Crippen molar-refractivity contribution >= 4 is 22.1 Å². The highest BCUT2D eigenvalue weighted by Gasteiger charge is 2.11. The van der Waals surface area contributed by atoms with Crippen LogP contribution in [0.25, 0.3) is 22.1 Å². The Hall–Kier alpha value is -2.37. The van der Waals surface area contributed by atoms with E-state index in [-0.39, 0.29) is 16.7 Å². The Kier molecular flexibility index (Phi) is 1.57. The highest BCUT2D eigenvalue weighted by molar-refractivity contribution is 6.01. The molecule has 0 amide bonds. The third-order valence-electron chi connectivity index (χ3n) is 2.32. The van der Waals surface area contributed by atoms with Crippen LogP contribution in [0.1, 0.15) is 0 Å². The van der Waals surface area contributed by atoms with Crippen LogP contribution in [0.15, 0.2) is 32.2 Å². The van der Waals surface area contributed by atoms with Crippen molar-refractivity contribution in [2.75, 3.05) is 0 Å². The van der Waals surface area contributed by atoms with Gasteiger partial charge in [0.1, 0.15) is 16.9 Å². The van der Waals surface area contributed by atoms with Gasteiger partial charge in [-0.15, -0.1) is 0 Å². The summed E-state index contributed by atoms with van der Waals surface area (Å²) in [6.07, 6.45) is 0. The molecule has 6 heteroatoms. The number of benzene rings is 1. The molecule has 80 valence electrons. The van der Waals surface area contributed by atoms with Crippen molar-refractivity contribution in [3.05, 3.63) is 44.9 Å². The molecular formula is C10H5FN2O3. The summed E-state index contributed by atoms with van der Waals surface area (Å²) >= 11 is 0. The van der Waals surface area contributed by atoms with Gasteiger partial charge in [0, 0.05) is 11.5 Å². The molecule has 0 unspecified atom stereocenters. The zero-order valence-electron chi connectivity index (χ0n) is 7.83. The van der Waals surface area contributed by atoms with Gasteiger partial charge >= 0.3 is 5.69 Å². The van der Waals surface area contributed by atoms with Crippen molar-refractivity contribution in [2.45, 2.75) is 0 Å². The second kappa shape index (κ2) is 2.82. The van der Waals surface area contributed by atoms with E-state index in [4.69, 9.17) is 4.42 Å². The summed E-state index contributed by atoms with van der Waals surface area (Å²) in [5.74, 6) is -0.467. The number of H-pyrrole nitrogens is 2. The quantitative estimate of drug-likeness (QED) is 0.595. The lowest BCUT2D eigenvalue weighted by molar-refractivity contribution is 0.617. The van der Waals surface area contributed by atoms with Gasteiger partial charge in [-0.3, -0.25) is 9.78 Å². The maximum absolute atomic E-state index is 12.9.